The van der Waals surface area contributed by atoms with Crippen molar-refractivity contribution in [1.29, 1.82) is 0 Å². The summed E-state index contributed by atoms with van der Waals surface area (Å²) < 4.78 is 0. The molecular weight excluding hydrogens is 228 g/mol. The molecule has 0 heterocycles. The number of hydrogen-bond donors (Lipinski definition) is 1. The van der Waals surface area contributed by atoms with Crippen LogP contribution in [0.15, 0.2) is 53.7 Å². The van der Waals surface area contributed by atoms with Crippen LogP contribution in [0.25, 0.3) is 0 Å². The fourth-order valence-electron chi connectivity index (χ4n) is 1.76. The number of carbonyl (C=O) groups excluding carboxylic acids is 1. The molecule has 4 heteroatoms. The van der Waals surface area contributed by atoms with E-state index in [-0.39, 0.29) is 0 Å². The van der Waals surface area contributed by atoms with Crippen molar-refractivity contribution in [3.63, 3.8) is 0 Å². The van der Waals surface area contributed by atoms with Crippen molar-refractivity contribution in [2.24, 2.45) is 5.18 Å². The van der Waals surface area contributed by atoms with Gasteiger partial charge in [0.2, 0.25) is 6.41 Å². The van der Waals surface area contributed by atoms with Crippen LogP contribution in [0.2, 0.25) is 0 Å². The normalized spacial score (nSPS) is 9.78. The summed E-state index contributed by atoms with van der Waals surface area (Å²) in [6.07, 6.45) is 1.28. The van der Waals surface area contributed by atoms with Crippen molar-refractivity contribution < 1.29 is 4.79 Å². The molecule has 1 amide bonds. The second-order valence-corrected chi connectivity index (χ2v) is 3.86. The van der Waals surface area contributed by atoms with E-state index in [0.29, 0.717) is 18.5 Å². The Labute approximate surface area is 105 Å². The first-order valence-electron chi connectivity index (χ1n) is 5.54. The molecule has 1 N–H and O–H groups in total. The fourth-order valence-corrected chi connectivity index (χ4v) is 1.76. The van der Waals surface area contributed by atoms with Crippen LogP contribution in [-0.4, -0.2) is 6.41 Å². The predicted octanol–water partition coefficient (Wildman–Crippen LogP) is 3.24. The summed E-state index contributed by atoms with van der Waals surface area (Å²) in [7, 11) is 0. The Balaban J connectivity index is 2.18. The van der Waals surface area contributed by atoms with Gasteiger partial charge in [0.1, 0.15) is 5.69 Å². The van der Waals surface area contributed by atoms with E-state index in [1.807, 2.05) is 36.4 Å². The van der Waals surface area contributed by atoms with Crippen molar-refractivity contribution >= 4 is 17.8 Å². The van der Waals surface area contributed by atoms with E-state index in [4.69, 9.17) is 0 Å². The van der Waals surface area contributed by atoms with Crippen LogP contribution in [0.4, 0.5) is 11.4 Å². The maximum atomic E-state index is 10.7. The van der Waals surface area contributed by atoms with E-state index < -0.39 is 0 Å². The molecule has 0 atom stereocenters. The van der Waals surface area contributed by atoms with Crippen LogP contribution in [-0.2, 0) is 11.2 Å². The van der Waals surface area contributed by atoms with Gasteiger partial charge < -0.3 is 5.32 Å². The smallest absolute Gasteiger partial charge is 0.211 e. The number of carbonyl (C=O) groups is 1. The zero-order valence-corrected chi connectivity index (χ0v) is 9.67. The van der Waals surface area contributed by atoms with Gasteiger partial charge in [-0.15, -0.1) is 4.91 Å². The first-order chi connectivity index (χ1) is 8.83. The number of amides is 1. The van der Waals surface area contributed by atoms with E-state index in [1.165, 1.54) is 0 Å². The molecule has 0 bridgehead atoms. The summed E-state index contributed by atoms with van der Waals surface area (Å²) in [5.41, 5.74) is 3.16. The highest BCUT2D eigenvalue weighted by Crippen LogP contribution is 2.22. The van der Waals surface area contributed by atoms with Crippen LogP contribution in [0.5, 0.6) is 0 Å². The van der Waals surface area contributed by atoms with Gasteiger partial charge in [0.05, 0.1) is 0 Å². The van der Waals surface area contributed by atoms with Crippen molar-refractivity contribution in [2.75, 3.05) is 5.32 Å². The molecule has 2 aromatic carbocycles. The van der Waals surface area contributed by atoms with E-state index in [1.54, 1.807) is 12.1 Å². The lowest BCUT2D eigenvalue weighted by molar-refractivity contribution is -0.105. The summed E-state index contributed by atoms with van der Waals surface area (Å²) in [6, 6.07) is 14.7. The average Bonchev–Trinajstić information content (AvgIpc) is 2.42. The third-order valence-corrected chi connectivity index (χ3v) is 2.66. The van der Waals surface area contributed by atoms with E-state index in [9.17, 15) is 9.70 Å². The van der Waals surface area contributed by atoms with Crippen LogP contribution >= 0.6 is 0 Å². The van der Waals surface area contributed by atoms with Crippen molar-refractivity contribution in [1.82, 2.24) is 0 Å². The van der Waals surface area contributed by atoms with Gasteiger partial charge in [-0.1, -0.05) is 30.3 Å². The standard InChI is InChI=1S/C14H12N2O2/c17-10-15-13-7-5-11(6-8-13)9-12-3-1-2-4-14(12)16-18/h1-8,10H,9H2,(H,15,17). The van der Waals surface area contributed by atoms with Crippen LogP contribution < -0.4 is 5.32 Å². The van der Waals surface area contributed by atoms with E-state index in [0.717, 1.165) is 16.8 Å². The van der Waals surface area contributed by atoms with Gasteiger partial charge >= 0.3 is 0 Å². The number of hydrogen-bond acceptors (Lipinski definition) is 3. The number of anilines is 1. The van der Waals surface area contributed by atoms with Gasteiger partial charge in [-0.3, -0.25) is 4.79 Å². The molecule has 0 aliphatic carbocycles. The summed E-state index contributed by atoms with van der Waals surface area (Å²) >= 11 is 0. The molecule has 0 aromatic heterocycles. The molecule has 90 valence electrons. The topological polar surface area (TPSA) is 58.5 Å². The molecule has 0 fully saturated rings. The highest BCUT2D eigenvalue weighted by atomic mass is 16.3. The zero-order valence-electron chi connectivity index (χ0n) is 9.67. The molecule has 2 aromatic rings. The average molecular weight is 240 g/mol. The van der Waals surface area contributed by atoms with Crippen LogP contribution in [0, 0.1) is 4.91 Å². The van der Waals surface area contributed by atoms with Gasteiger partial charge in [0, 0.05) is 5.69 Å². The number of nitrogens with one attached hydrogen (secondary N) is 1. The molecule has 0 aliphatic rings. The first-order valence-corrected chi connectivity index (χ1v) is 5.54. The summed E-state index contributed by atoms with van der Waals surface area (Å²) in [5, 5.41) is 5.58. The number of rotatable bonds is 5. The summed E-state index contributed by atoms with van der Waals surface area (Å²) in [4.78, 5) is 20.9. The molecule has 0 saturated heterocycles. The lowest BCUT2D eigenvalue weighted by atomic mass is 10.0. The van der Waals surface area contributed by atoms with Crippen LogP contribution in [0.1, 0.15) is 11.1 Å². The monoisotopic (exact) mass is 240 g/mol. The van der Waals surface area contributed by atoms with Gasteiger partial charge in [0.25, 0.3) is 0 Å². The largest absolute Gasteiger partial charge is 0.329 e. The summed E-state index contributed by atoms with van der Waals surface area (Å²) in [6.45, 7) is 0. The molecule has 0 saturated carbocycles. The minimum atomic E-state index is 0.465. The maximum Gasteiger partial charge on any atom is 0.211 e. The molecule has 18 heavy (non-hydrogen) atoms. The number of benzene rings is 2. The Morgan fingerprint density at radius 3 is 2.44 bits per heavy atom. The summed E-state index contributed by atoms with van der Waals surface area (Å²) in [5.74, 6) is 0. The fraction of sp³-hybridized carbons (Fsp3) is 0.0714. The molecule has 0 aliphatic heterocycles. The minimum absolute atomic E-state index is 0.465. The lowest BCUT2D eigenvalue weighted by Crippen LogP contribution is -1.94. The quantitative estimate of drug-likeness (QED) is 0.644. The highest BCUT2D eigenvalue weighted by molar-refractivity contribution is 5.71. The second-order valence-electron chi connectivity index (χ2n) is 3.86. The molecule has 2 rings (SSSR count). The molecular formula is C14H12N2O2. The SMILES string of the molecule is O=CNc1ccc(Cc2ccccc2N=O)cc1. The molecule has 0 radical (unpaired) electrons. The Morgan fingerprint density at radius 2 is 1.78 bits per heavy atom. The third-order valence-electron chi connectivity index (χ3n) is 2.66. The second kappa shape index (κ2) is 5.72. The van der Waals surface area contributed by atoms with Gasteiger partial charge in [0.15, 0.2) is 0 Å². The van der Waals surface area contributed by atoms with Crippen LogP contribution in [0.3, 0.4) is 0 Å². The van der Waals surface area contributed by atoms with Gasteiger partial charge in [-0.2, -0.15) is 0 Å². The predicted molar refractivity (Wildman–Crippen MR) is 70.8 cm³/mol. The first kappa shape index (κ1) is 12.0. The Bertz CT molecular complexity index is 550. The maximum absolute atomic E-state index is 10.7. The van der Waals surface area contributed by atoms with Crippen molar-refractivity contribution in [3.05, 3.63) is 64.6 Å². The van der Waals surface area contributed by atoms with E-state index >= 15 is 0 Å². The zero-order chi connectivity index (χ0) is 12.8. The molecule has 0 unspecified atom stereocenters. The number of nitrogens with zero attached hydrogens (tertiary/aromatic N) is 1. The minimum Gasteiger partial charge on any atom is -0.329 e. The van der Waals surface area contributed by atoms with Gasteiger partial charge in [-0.05, 0) is 40.9 Å². The Hall–Kier alpha value is -2.49. The van der Waals surface area contributed by atoms with Crippen molar-refractivity contribution in [3.8, 4) is 0 Å². The third kappa shape index (κ3) is 2.79. The van der Waals surface area contributed by atoms with E-state index in [2.05, 4.69) is 10.5 Å². The Kier molecular flexibility index (Phi) is 3.81. The lowest BCUT2D eigenvalue weighted by Gasteiger charge is -2.05. The van der Waals surface area contributed by atoms with Gasteiger partial charge in [-0.25, -0.2) is 0 Å². The molecule has 4 nitrogen and oxygen atoms in total. The highest BCUT2D eigenvalue weighted by Gasteiger charge is 2.03. The molecule has 0 spiro atoms. The number of nitroso groups, excluding NO2 is 1. The van der Waals surface area contributed by atoms with Crippen molar-refractivity contribution in [2.45, 2.75) is 6.42 Å². The Morgan fingerprint density at radius 1 is 1.06 bits per heavy atom.